The summed E-state index contributed by atoms with van der Waals surface area (Å²) in [4.78, 5) is 146. The van der Waals surface area contributed by atoms with Gasteiger partial charge >= 0.3 is 17.9 Å². The Labute approximate surface area is 383 Å². The summed E-state index contributed by atoms with van der Waals surface area (Å²) in [5, 5.41) is 42.6. The van der Waals surface area contributed by atoms with Crippen LogP contribution < -0.4 is 54.8 Å². The summed E-state index contributed by atoms with van der Waals surface area (Å²) in [6.07, 6.45) is 1.18. The first-order chi connectivity index (χ1) is 30.5. The van der Waals surface area contributed by atoms with E-state index in [9.17, 15) is 68.1 Å². The Kier molecular flexibility index (Phi) is 25.9. The predicted molar refractivity (Wildman–Crippen MR) is 236 cm³/mol. The summed E-state index contributed by atoms with van der Waals surface area (Å²) in [6, 6.07) is -11.7. The molecule has 8 atom stereocenters. The molecule has 1 heterocycles. The number of aliphatic carboxylic acids is 3. The van der Waals surface area contributed by atoms with E-state index in [1.54, 1.807) is 6.26 Å². The first kappa shape index (κ1) is 57.1. The number of carboxylic acids is 3. The molecule has 366 valence electrons. The van der Waals surface area contributed by atoms with Gasteiger partial charge in [-0.05, 0) is 75.9 Å². The van der Waals surface area contributed by atoms with Gasteiger partial charge in [0.05, 0.1) is 18.9 Å². The third kappa shape index (κ3) is 21.6. The van der Waals surface area contributed by atoms with Crippen molar-refractivity contribution in [3.63, 3.8) is 0 Å². The van der Waals surface area contributed by atoms with Gasteiger partial charge < -0.3 is 75.1 Å². The molecule has 0 bridgehead atoms. The molecule has 0 radical (unpaired) electrons. The smallest absolute Gasteiger partial charge is 0.326 e. The molecular formula is C37H62N12O14S2. The number of primary amides is 1. The Balaban J connectivity index is 3.29. The van der Waals surface area contributed by atoms with Crippen molar-refractivity contribution in [2.24, 2.45) is 27.9 Å². The molecule has 1 saturated heterocycles. The van der Waals surface area contributed by atoms with Gasteiger partial charge in [-0.25, -0.2) is 4.79 Å². The summed E-state index contributed by atoms with van der Waals surface area (Å²) < 4.78 is 0. The standard InChI is InChI=1S/C37H62N12O14S2/c1-18(43-31(57)20(6-4-12-42-37(40)41)44-30(56)19(38)10-14-64-2)29(55)47-23(16-26(39)50)33(59)45-21(8-9-27(51)52)32(58)48-24(17-28(53)54)35(61)49-13-5-7-25(49)34(60)46-22(36(62)63)11-15-65-3/h18-25H,4-17,38H2,1-3H3,(H2,39,50)(H,43,57)(H,44,56)(H,45,59)(H,46,60)(H,47,55)(H,48,58)(H,51,52)(H,53,54)(H,62,63)(H4,40,41,42)/t18-,19-,20-,21-,22-,23-,24-,25-/m0/s1. The molecule has 1 rings (SSSR count). The average molecular weight is 963 g/mol. The van der Waals surface area contributed by atoms with Crippen LogP contribution in [0.3, 0.4) is 0 Å². The number of nitrogens with two attached hydrogens (primary N) is 4. The number of thioether (sulfide) groups is 2. The number of rotatable bonds is 31. The highest BCUT2D eigenvalue weighted by Gasteiger charge is 2.40. The molecule has 0 aliphatic carbocycles. The lowest BCUT2D eigenvalue weighted by atomic mass is 10.1. The topological polar surface area (TPSA) is 440 Å². The van der Waals surface area contributed by atoms with Crippen LogP contribution in [0.15, 0.2) is 4.99 Å². The van der Waals surface area contributed by atoms with Gasteiger partial charge in [-0.2, -0.15) is 23.5 Å². The Morgan fingerprint density at radius 3 is 1.78 bits per heavy atom. The van der Waals surface area contributed by atoms with Crippen molar-refractivity contribution in [1.82, 2.24) is 36.8 Å². The maximum absolute atomic E-state index is 13.8. The Morgan fingerprint density at radius 1 is 0.662 bits per heavy atom. The third-order valence-corrected chi connectivity index (χ3v) is 11.0. The van der Waals surface area contributed by atoms with Crippen LogP contribution in [-0.2, 0) is 52.7 Å². The van der Waals surface area contributed by atoms with Crippen molar-refractivity contribution in [1.29, 1.82) is 0 Å². The zero-order valence-electron chi connectivity index (χ0n) is 36.4. The molecule has 1 aliphatic rings. The predicted octanol–water partition coefficient (Wildman–Crippen LogP) is -4.91. The van der Waals surface area contributed by atoms with E-state index in [4.69, 9.17) is 22.9 Å². The van der Waals surface area contributed by atoms with E-state index in [-0.39, 0.29) is 51.2 Å². The van der Waals surface area contributed by atoms with Crippen LogP contribution in [0.2, 0.25) is 0 Å². The van der Waals surface area contributed by atoms with Crippen LogP contribution in [0.5, 0.6) is 0 Å². The van der Waals surface area contributed by atoms with Crippen LogP contribution in [0.1, 0.15) is 71.1 Å². The number of likely N-dealkylation sites (tertiary alicyclic amines) is 1. The Morgan fingerprint density at radius 2 is 1.22 bits per heavy atom. The van der Waals surface area contributed by atoms with Crippen LogP contribution in [0.25, 0.3) is 0 Å². The van der Waals surface area contributed by atoms with Crippen molar-refractivity contribution in [3.8, 4) is 0 Å². The van der Waals surface area contributed by atoms with Crippen LogP contribution >= 0.6 is 23.5 Å². The van der Waals surface area contributed by atoms with E-state index in [1.807, 2.05) is 6.26 Å². The normalized spacial score (nSPS) is 16.4. The fraction of sp³-hybridized carbons (Fsp3) is 0.676. The number of amides is 8. The van der Waals surface area contributed by atoms with Crippen molar-refractivity contribution in [2.75, 3.05) is 37.1 Å². The van der Waals surface area contributed by atoms with Crippen molar-refractivity contribution >= 4 is 94.6 Å². The summed E-state index contributed by atoms with van der Waals surface area (Å²) in [5.41, 5.74) is 22.0. The van der Waals surface area contributed by atoms with E-state index in [0.717, 1.165) is 4.90 Å². The Hall–Kier alpha value is -5.90. The molecule has 0 aromatic carbocycles. The largest absolute Gasteiger partial charge is 0.481 e. The van der Waals surface area contributed by atoms with Gasteiger partial charge in [0.2, 0.25) is 47.3 Å². The number of carboxylic acid groups (broad SMARTS) is 3. The number of aliphatic imine (C=N–C) groups is 1. The summed E-state index contributed by atoms with van der Waals surface area (Å²) in [6.45, 7) is 1.23. The van der Waals surface area contributed by atoms with Crippen molar-refractivity contribution in [2.45, 2.75) is 119 Å². The molecule has 0 aromatic heterocycles. The van der Waals surface area contributed by atoms with E-state index >= 15 is 0 Å². The number of carbonyl (C=O) groups is 11. The van der Waals surface area contributed by atoms with Crippen molar-refractivity contribution in [3.05, 3.63) is 0 Å². The first-order valence-electron chi connectivity index (χ1n) is 20.4. The lowest BCUT2D eigenvalue weighted by Gasteiger charge is -2.30. The molecule has 17 N–H and O–H groups in total. The monoisotopic (exact) mass is 962 g/mol. The van der Waals surface area contributed by atoms with Gasteiger partial charge in [0, 0.05) is 19.5 Å². The van der Waals surface area contributed by atoms with Gasteiger partial charge in [0.1, 0.15) is 42.3 Å². The molecule has 26 nitrogen and oxygen atoms in total. The molecule has 1 aliphatic heterocycles. The number of hydrogen-bond donors (Lipinski definition) is 13. The number of hydrogen-bond acceptors (Lipinski definition) is 15. The van der Waals surface area contributed by atoms with Crippen LogP contribution in [-0.4, -0.2) is 177 Å². The SMILES string of the molecule is CSCC[C@H](NC(=O)[C@@H]1CCCN1C(=O)[C@H](CC(=O)O)NC(=O)[C@H](CCC(=O)O)NC(=O)[C@H](CC(N)=O)NC(=O)[C@H](C)NC(=O)[C@H](CCCN=C(N)N)NC(=O)[C@@H](N)CCSC)C(=O)O. The maximum atomic E-state index is 13.8. The Bertz CT molecular complexity index is 1750. The second-order valence-corrected chi connectivity index (χ2v) is 16.9. The van der Waals surface area contributed by atoms with E-state index in [2.05, 4.69) is 36.9 Å². The lowest BCUT2D eigenvalue weighted by molar-refractivity contribution is -0.147. The number of guanidine groups is 1. The summed E-state index contributed by atoms with van der Waals surface area (Å²) in [7, 11) is 0. The van der Waals surface area contributed by atoms with Crippen LogP contribution in [0.4, 0.5) is 0 Å². The van der Waals surface area contributed by atoms with Gasteiger partial charge in [-0.15, -0.1) is 0 Å². The quantitative estimate of drug-likeness (QED) is 0.0176. The average Bonchev–Trinajstić information content (AvgIpc) is 3.72. The zero-order chi connectivity index (χ0) is 49.4. The molecule has 8 amide bonds. The fourth-order valence-corrected chi connectivity index (χ4v) is 7.19. The summed E-state index contributed by atoms with van der Waals surface area (Å²) in [5.74, 6) is -11.6. The molecule has 0 unspecified atom stereocenters. The zero-order valence-corrected chi connectivity index (χ0v) is 38.0. The minimum Gasteiger partial charge on any atom is -0.481 e. The molecule has 0 aromatic rings. The second-order valence-electron chi connectivity index (χ2n) is 14.9. The lowest BCUT2D eigenvalue weighted by Crippen LogP contribution is -2.60. The fourth-order valence-electron chi connectivity index (χ4n) is 6.23. The van der Waals surface area contributed by atoms with Gasteiger partial charge in [-0.1, -0.05) is 0 Å². The van der Waals surface area contributed by atoms with E-state index in [1.165, 1.54) is 30.4 Å². The minimum absolute atomic E-state index is 0.00298. The van der Waals surface area contributed by atoms with Crippen molar-refractivity contribution < 1.29 is 68.1 Å². The summed E-state index contributed by atoms with van der Waals surface area (Å²) >= 11 is 2.80. The molecule has 0 spiro atoms. The van der Waals surface area contributed by atoms with Gasteiger partial charge in [0.25, 0.3) is 0 Å². The second kappa shape index (κ2) is 29.5. The number of carbonyl (C=O) groups excluding carboxylic acids is 8. The number of nitrogens with zero attached hydrogens (tertiary/aromatic N) is 2. The molecule has 28 heteroatoms. The highest BCUT2D eigenvalue weighted by Crippen LogP contribution is 2.20. The third-order valence-electron chi connectivity index (χ3n) is 9.68. The van der Waals surface area contributed by atoms with E-state index in [0.29, 0.717) is 17.9 Å². The highest BCUT2D eigenvalue weighted by molar-refractivity contribution is 7.98. The highest BCUT2D eigenvalue weighted by atomic mass is 32.2. The van der Waals surface area contributed by atoms with Crippen LogP contribution in [0, 0.1) is 0 Å². The molecular weight excluding hydrogens is 901 g/mol. The molecule has 0 saturated carbocycles. The molecule has 1 fully saturated rings. The first-order valence-corrected chi connectivity index (χ1v) is 23.2. The van der Waals surface area contributed by atoms with Gasteiger partial charge in [-0.3, -0.25) is 52.9 Å². The van der Waals surface area contributed by atoms with E-state index < -0.39 is 139 Å². The molecule has 65 heavy (non-hydrogen) atoms. The minimum atomic E-state index is -1.87. The van der Waals surface area contributed by atoms with Gasteiger partial charge in [0.15, 0.2) is 5.96 Å². The maximum Gasteiger partial charge on any atom is 0.326 e. The number of nitrogens with one attached hydrogen (secondary N) is 6.